The topological polar surface area (TPSA) is 49.8 Å². The van der Waals surface area contributed by atoms with E-state index >= 15 is 0 Å². The Morgan fingerprint density at radius 1 is 1.40 bits per heavy atom. The van der Waals surface area contributed by atoms with E-state index in [1.165, 1.54) is 0 Å². The van der Waals surface area contributed by atoms with Gasteiger partial charge in [0.1, 0.15) is 5.75 Å². The Morgan fingerprint density at radius 3 is 2.80 bits per heavy atom. The summed E-state index contributed by atoms with van der Waals surface area (Å²) in [6, 6.07) is 7.70. The van der Waals surface area contributed by atoms with Gasteiger partial charge >= 0.3 is 0 Å². The summed E-state index contributed by atoms with van der Waals surface area (Å²) in [5.41, 5.74) is 0. The highest BCUT2D eigenvalue weighted by Gasteiger charge is 2.26. The third-order valence-corrected chi connectivity index (χ3v) is 4.08. The van der Waals surface area contributed by atoms with E-state index in [4.69, 9.17) is 9.84 Å². The fourth-order valence-corrected chi connectivity index (χ4v) is 3.00. The van der Waals surface area contributed by atoms with Crippen LogP contribution in [0.4, 0.5) is 0 Å². The van der Waals surface area contributed by atoms with Crippen molar-refractivity contribution in [1.82, 2.24) is 4.90 Å². The Kier molecular flexibility index (Phi) is 5.86. The molecule has 1 saturated carbocycles. The summed E-state index contributed by atoms with van der Waals surface area (Å²) < 4.78 is 6.45. The molecule has 5 heteroatoms. The molecule has 0 unspecified atom stereocenters. The van der Waals surface area contributed by atoms with E-state index in [2.05, 4.69) is 15.9 Å². The number of hydrogen-bond acceptors (Lipinski definition) is 3. The van der Waals surface area contributed by atoms with Crippen LogP contribution in [0.3, 0.4) is 0 Å². The number of carbonyl (C=O) groups is 1. The summed E-state index contributed by atoms with van der Waals surface area (Å²) in [6.07, 6.45) is 4.38. The van der Waals surface area contributed by atoms with E-state index in [0.717, 1.165) is 30.2 Å². The average molecular weight is 342 g/mol. The molecular weight excluding hydrogens is 322 g/mol. The van der Waals surface area contributed by atoms with Crippen molar-refractivity contribution in [3.63, 3.8) is 0 Å². The maximum Gasteiger partial charge on any atom is 0.260 e. The molecule has 0 radical (unpaired) electrons. The molecular formula is C15H20BrNO3. The molecule has 0 aliphatic heterocycles. The number of ether oxygens (including phenoxy) is 1. The predicted octanol–water partition coefficient (Wildman–Crippen LogP) is 2.59. The highest BCUT2D eigenvalue weighted by atomic mass is 79.9. The van der Waals surface area contributed by atoms with Crippen LogP contribution in [0, 0.1) is 0 Å². The fourth-order valence-electron chi connectivity index (χ4n) is 2.62. The number of halogens is 1. The number of aliphatic hydroxyl groups excluding tert-OH is 1. The van der Waals surface area contributed by atoms with Crippen LogP contribution in [0.25, 0.3) is 0 Å². The molecule has 0 heterocycles. The van der Waals surface area contributed by atoms with Crippen LogP contribution in [0.2, 0.25) is 0 Å². The largest absolute Gasteiger partial charge is 0.484 e. The SMILES string of the molecule is O=C(COc1cccc(Br)c1)N(CCO)C1CCCC1. The van der Waals surface area contributed by atoms with E-state index in [-0.39, 0.29) is 25.2 Å². The molecule has 0 aromatic heterocycles. The quantitative estimate of drug-likeness (QED) is 0.865. The lowest BCUT2D eigenvalue weighted by molar-refractivity contribution is -0.136. The molecule has 1 aliphatic rings. The molecule has 0 atom stereocenters. The number of amides is 1. The van der Waals surface area contributed by atoms with Gasteiger partial charge in [0.05, 0.1) is 6.61 Å². The van der Waals surface area contributed by atoms with Crippen LogP contribution in [0.15, 0.2) is 28.7 Å². The zero-order valence-electron chi connectivity index (χ0n) is 11.4. The Balaban J connectivity index is 1.91. The number of aliphatic hydroxyl groups is 1. The third kappa shape index (κ3) is 4.21. The normalized spacial score (nSPS) is 15.3. The fraction of sp³-hybridized carbons (Fsp3) is 0.533. The Hall–Kier alpha value is -1.07. The molecule has 4 nitrogen and oxygen atoms in total. The van der Waals surface area contributed by atoms with Gasteiger partial charge in [0, 0.05) is 17.1 Å². The second kappa shape index (κ2) is 7.64. The van der Waals surface area contributed by atoms with Gasteiger partial charge in [-0.15, -0.1) is 0 Å². The molecule has 110 valence electrons. The average Bonchev–Trinajstić information content (AvgIpc) is 2.96. The molecule has 1 N–H and O–H groups in total. The van der Waals surface area contributed by atoms with E-state index in [1.54, 1.807) is 4.90 Å². The maximum absolute atomic E-state index is 12.3. The molecule has 0 spiro atoms. The van der Waals surface area contributed by atoms with Gasteiger partial charge in [-0.3, -0.25) is 4.79 Å². The van der Waals surface area contributed by atoms with Crippen LogP contribution < -0.4 is 4.74 Å². The van der Waals surface area contributed by atoms with Crippen molar-refractivity contribution in [2.24, 2.45) is 0 Å². The number of hydrogen-bond donors (Lipinski definition) is 1. The summed E-state index contributed by atoms with van der Waals surface area (Å²) in [5, 5.41) is 9.13. The number of rotatable bonds is 6. The zero-order valence-corrected chi connectivity index (χ0v) is 13.0. The van der Waals surface area contributed by atoms with Crippen molar-refractivity contribution in [2.45, 2.75) is 31.7 Å². The molecule has 2 rings (SSSR count). The Bertz CT molecular complexity index is 446. The van der Waals surface area contributed by atoms with Crippen LogP contribution in [0.1, 0.15) is 25.7 Å². The highest BCUT2D eigenvalue weighted by Crippen LogP contribution is 2.24. The van der Waals surface area contributed by atoms with Gasteiger partial charge in [-0.1, -0.05) is 34.8 Å². The highest BCUT2D eigenvalue weighted by molar-refractivity contribution is 9.10. The van der Waals surface area contributed by atoms with Crippen LogP contribution >= 0.6 is 15.9 Å². The molecule has 1 aromatic rings. The van der Waals surface area contributed by atoms with E-state index in [9.17, 15) is 4.79 Å². The second-order valence-corrected chi connectivity index (χ2v) is 5.91. The molecule has 0 saturated heterocycles. The van der Waals surface area contributed by atoms with Crippen molar-refractivity contribution in [1.29, 1.82) is 0 Å². The van der Waals surface area contributed by atoms with Gasteiger partial charge in [-0.2, -0.15) is 0 Å². The predicted molar refractivity (Wildman–Crippen MR) is 80.7 cm³/mol. The van der Waals surface area contributed by atoms with Crippen LogP contribution in [-0.2, 0) is 4.79 Å². The number of benzene rings is 1. The standard InChI is InChI=1S/C15H20BrNO3/c16-12-4-3-7-14(10-12)20-11-15(19)17(8-9-18)13-5-1-2-6-13/h3-4,7,10,13,18H,1-2,5-6,8-9,11H2. The smallest absolute Gasteiger partial charge is 0.260 e. The monoisotopic (exact) mass is 341 g/mol. The van der Waals surface area contributed by atoms with Gasteiger partial charge in [0.2, 0.25) is 0 Å². The first-order valence-electron chi connectivity index (χ1n) is 6.99. The first kappa shape index (κ1) is 15.3. The summed E-state index contributed by atoms with van der Waals surface area (Å²) in [4.78, 5) is 14.0. The Labute approximate surface area is 127 Å². The molecule has 1 fully saturated rings. The van der Waals surface area contributed by atoms with Crippen molar-refractivity contribution < 1.29 is 14.6 Å². The minimum Gasteiger partial charge on any atom is -0.484 e. The second-order valence-electron chi connectivity index (χ2n) is 5.00. The van der Waals surface area contributed by atoms with E-state index in [1.807, 2.05) is 24.3 Å². The number of nitrogens with zero attached hydrogens (tertiary/aromatic N) is 1. The number of carbonyl (C=O) groups excluding carboxylic acids is 1. The van der Waals surface area contributed by atoms with Crippen molar-refractivity contribution in [3.8, 4) is 5.75 Å². The summed E-state index contributed by atoms with van der Waals surface area (Å²) in [7, 11) is 0. The van der Waals surface area contributed by atoms with Gasteiger partial charge in [0.15, 0.2) is 6.61 Å². The van der Waals surface area contributed by atoms with Crippen LogP contribution in [0.5, 0.6) is 5.75 Å². The first-order valence-corrected chi connectivity index (χ1v) is 7.78. The lowest BCUT2D eigenvalue weighted by atomic mass is 10.2. The minimum atomic E-state index is -0.0501. The van der Waals surface area contributed by atoms with Gasteiger partial charge < -0.3 is 14.7 Å². The van der Waals surface area contributed by atoms with Gasteiger partial charge in [-0.05, 0) is 31.0 Å². The molecule has 20 heavy (non-hydrogen) atoms. The van der Waals surface area contributed by atoms with Crippen molar-refractivity contribution in [2.75, 3.05) is 19.8 Å². The van der Waals surface area contributed by atoms with Crippen LogP contribution in [-0.4, -0.2) is 41.7 Å². The van der Waals surface area contributed by atoms with Crippen molar-refractivity contribution >= 4 is 21.8 Å². The summed E-state index contributed by atoms with van der Waals surface area (Å²) >= 11 is 3.37. The molecule has 1 aliphatic carbocycles. The third-order valence-electron chi connectivity index (χ3n) is 3.59. The molecule has 1 amide bonds. The summed E-state index contributed by atoms with van der Waals surface area (Å²) in [5.74, 6) is 0.619. The minimum absolute atomic E-state index is 0.000868. The van der Waals surface area contributed by atoms with Gasteiger partial charge in [0.25, 0.3) is 5.91 Å². The van der Waals surface area contributed by atoms with E-state index in [0.29, 0.717) is 12.3 Å². The first-order chi connectivity index (χ1) is 9.70. The summed E-state index contributed by atoms with van der Waals surface area (Å²) in [6.45, 7) is 0.414. The van der Waals surface area contributed by atoms with E-state index < -0.39 is 0 Å². The lowest BCUT2D eigenvalue weighted by Gasteiger charge is -2.28. The lowest BCUT2D eigenvalue weighted by Crippen LogP contribution is -2.43. The molecule has 1 aromatic carbocycles. The van der Waals surface area contributed by atoms with Gasteiger partial charge in [-0.25, -0.2) is 0 Å². The molecule has 0 bridgehead atoms. The zero-order chi connectivity index (χ0) is 14.4. The maximum atomic E-state index is 12.3. The Morgan fingerprint density at radius 2 is 2.15 bits per heavy atom. The van der Waals surface area contributed by atoms with Crippen molar-refractivity contribution in [3.05, 3.63) is 28.7 Å².